The molecule has 2 rings (SSSR count). The second kappa shape index (κ2) is 6.07. The van der Waals surface area contributed by atoms with Gasteiger partial charge in [0.1, 0.15) is 17.2 Å². The lowest BCUT2D eigenvalue weighted by molar-refractivity contribution is 0.0506. The molecule has 0 bridgehead atoms. The maximum Gasteiger partial charge on any atom is 0.188 e. The van der Waals surface area contributed by atoms with E-state index in [0.717, 1.165) is 22.8 Å². The van der Waals surface area contributed by atoms with Crippen molar-refractivity contribution in [3.8, 4) is 17.2 Å². The predicted molar refractivity (Wildman–Crippen MR) is 70.2 cm³/mol. The van der Waals surface area contributed by atoms with E-state index in [1.807, 2.05) is 55.5 Å². The van der Waals surface area contributed by atoms with E-state index < -0.39 is 0 Å². The first-order chi connectivity index (χ1) is 8.79. The Labute approximate surface area is 107 Å². The lowest BCUT2D eigenvalue weighted by Crippen LogP contribution is -2.00. The van der Waals surface area contributed by atoms with Crippen LogP contribution in [-0.2, 0) is 4.74 Å². The van der Waals surface area contributed by atoms with Gasteiger partial charge in [0.05, 0.1) is 0 Å². The van der Waals surface area contributed by atoms with Crippen molar-refractivity contribution in [3.63, 3.8) is 0 Å². The Morgan fingerprint density at radius 3 is 2.39 bits per heavy atom. The van der Waals surface area contributed by atoms with Gasteiger partial charge in [0, 0.05) is 7.11 Å². The molecule has 2 aromatic carbocycles. The maximum absolute atomic E-state index is 5.73. The molecule has 0 radical (unpaired) electrons. The van der Waals surface area contributed by atoms with Crippen LogP contribution in [0.3, 0.4) is 0 Å². The first-order valence-electron chi connectivity index (χ1n) is 5.75. The van der Waals surface area contributed by atoms with Gasteiger partial charge in [0.15, 0.2) is 6.79 Å². The molecule has 0 N–H and O–H groups in total. The quantitative estimate of drug-likeness (QED) is 0.749. The average molecular weight is 244 g/mol. The SMILES string of the molecule is COCOc1ccc(Oc2ccccc2)cc1C. The van der Waals surface area contributed by atoms with Gasteiger partial charge in [-0.05, 0) is 42.8 Å². The Morgan fingerprint density at radius 1 is 0.944 bits per heavy atom. The number of rotatable bonds is 5. The second-order valence-electron chi connectivity index (χ2n) is 3.89. The van der Waals surface area contributed by atoms with E-state index in [-0.39, 0.29) is 6.79 Å². The Morgan fingerprint density at radius 2 is 1.72 bits per heavy atom. The van der Waals surface area contributed by atoms with Gasteiger partial charge in [-0.3, -0.25) is 0 Å². The van der Waals surface area contributed by atoms with E-state index in [4.69, 9.17) is 14.2 Å². The van der Waals surface area contributed by atoms with Crippen LogP contribution in [0.1, 0.15) is 5.56 Å². The van der Waals surface area contributed by atoms with E-state index >= 15 is 0 Å². The van der Waals surface area contributed by atoms with Crippen molar-refractivity contribution in [2.75, 3.05) is 13.9 Å². The summed E-state index contributed by atoms with van der Waals surface area (Å²) < 4.78 is 16.0. The standard InChI is InChI=1S/C15H16O3/c1-12-10-14(8-9-15(12)17-11-16-2)18-13-6-4-3-5-7-13/h3-10H,11H2,1-2H3. The van der Waals surface area contributed by atoms with Crippen molar-refractivity contribution in [3.05, 3.63) is 54.1 Å². The van der Waals surface area contributed by atoms with Crippen LogP contribution in [0, 0.1) is 6.92 Å². The number of benzene rings is 2. The van der Waals surface area contributed by atoms with Crippen molar-refractivity contribution in [1.82, 2.24) is 0 Å². The fraction of sp³-hybridized carbons (Fsp3) is 0.200. The number of ether oxygens (including phenoxy) is 3. The van der Waals surface area contributed by atoms with Gasteiger partial charge in [-0.1, -0.05) is 18.2 Å². The van der Waals surface area contributed by atoms with Crippen molar-refractivity contribution in [1.29, 1.82) is 0 Å². The number of methoxy groups -OCH3 is 1. The van der Waals surface area contributed by atoms with Gasteiger partial charge in [-0.15, -0.1) is 0 Å². The van der Waals surface area contributed by atoms with E-state index in [9.17, 15) is 0 Å². The average Bonchev–Trinajstić information content (AvgIpc) is 2.39. The molecule has 0 aliphatic heterocycles. The zero-order chi connectivity index (χ0) is 12.8. The molecule has 0 amide bonds. The van der Waals surface area contributed by atoms with E-state index in [0.29, 0.717) is 0 Å². The number of aryl methyl sites for hydroxylation is 1. The van der Waals surface area contributed by atoms with E-state index in [1.54, 1.807) is 7.11 Å². The summed E-state index contributed by atoms with van der Waals surface area (Å²) in [5.74, 6) is 2.42. The van der Waals surface area contributed by atoms with Crippen LogP contribution >= 0.6 is 0 Å². The number of para-hydroxylation sites is 1. The number of hydrogen-bond acceptors (Lipinski definition) is 3. The molecule has 0 fully saturated rings. The van der Waals surface area contributed by atoms with Crippen LogP contribution in [0.5, 0.6) is 17.2 Å². The van der Waals surface area contributed by atoms with Crippen LogP contribution < -0.4 is 9.47 Å². The molecule has 94 valence electrons. The van der Waals surface area contributed by atoms with Crippen LogP contribution in [-0.4, -0.2) is 13.9 Å². The summed E-state index contributed by atoms with van der Waals surface area (Å²) in [5, 5.41) is 0. The molecule has 0 atom stereocenters. The molecule has 18 heavy (non-hydrogen) atoms. The Hall–Kier alpha value is -2.00. The third-order valence-corrected chi connectivity index (χ3v) is 2.46. The molecule has 0 heterocycles. The summed E-state index contributed by atoms with van der Waals surface area (Å²) in [6.07, 6.45) is 0. The largest absolute Gasteiger partial charge is 0.467 e. The highest BCUT2D eigenvalue weighted by molar-refractivity contribution is 5.41. The van der Waals surface area contributed by atoms with Crippen LogP contribution in [0.2, 0.25) is 0 Å². The molecule has 0 saturated carbocycles. The molecular formula is C15H16O3. The maximum atomic E-state index is 5.73. The highest BCUT2D eigenvalue weighted by Crippen LogP contribution is 2.27. The van der Waals surface area contributed by atoms with Gasteiger partial charge in [0.25, 0.3) is 0 Å². The summed E-state index contributed by atoms with van der Waals surface area (Å²) in [5.41, 5.74) is 1.01. The molecular weight excluding hydrogens is 228 g/mol. The molecule has 0 aliphatic rings. The summed E-state index contributed by atoms with van der Waals surface area (Å²) in [6.45, 7) is 2.22. The normalized spacial score (nSPS) is 10.1. The molecule has 0 spiro atoms. The predicted octanol–water partition coefficient (Wildman–Crippen LogP) is 3.77. The van der Waals surface area contributed by atoms with Gasteiger partial charge in [-0.2, -0.15) is 0 Å². The third kappa shape index (κ3) is 3.25. The topological polar surface area (TPSA) is 27.7 Å². The molecule has 3 nitrogen and oxygen atoms in total. The molecule has 0 unspecified atom stereocenters. The minimum Gasteiger partial charge on any atom is -0.467 e. The lowest BCUT2D eigenvalue weighted by Gasteiger charge is -2.10. The van der Waals surface area contributed by atoms with Crippen LogP contribution in [0.15, 0.2) is 48.5 Å². The Kier molecular flexibility index (Phi) is 4.20. The molecule has 0 saturated heterocycles. The molecule has 0 aromatic heterocycles. The fourth-order valence-electron chi connectivity index (χ4n) is 1.59. The van der Waals surface area contributed by atoms with Crippen molar-refractivity contribution in [2.45, 2.75) is 6.92 Å². The zero-order valence-corrected chi connectivity index (χ0v) is 10.6. The Bertz CT molecular complexity index is 494. The third-order valence-electron chi connectivity index (χ3n) is 2.46. The minimum absolute atomic E-state index is 0.250. The first-order valence-corrected chi connectivity index (χ1v) is 5.75. The van der Waals surface area contributed by atoms with Gasteiger partial charge >= 0.3 is 0 Å². The van der Waals surface area contributed by atoms with E-state index in [2.05, 4.69) is 0 Å². The monoisotopic (exact) mass is 244 g/mol. The summed E-state index contributed by atoms with van der Waals surface area (Å²) in [4.78, 5) is 0. The Balaban J connectivity index is 2.09. The highest BCUT2D eigenvalue weighted by Gasteiger charge is 2.02. The van der Waals surface area contributed by atoms with Crippen LogP contribution in [0.4, 0.5) is 0 Å². The van der Waals surface area contributed by atoms with Crippen molar-refractivity contribution in [2.24, 2.45) is 0 Å². The van der Waals surface area contributed by atoms with Crippen molar-refractivity contribution >= 4 is 0 Å². The molecule has 0 aliphatic carbocycles. The summed E-state index contributed by atoms with van der Waals surface area (Å²) >= 11 is 0. The first kappa shape index (κ1) is 12.5. The lowest BCUT2D eigenvalue weighted by atomic mass is 10.2. The zero-order valence-electron chi connectivity index (χ0n) is 10.6. The second-order valence-corrected chi connectivity index (χ2v) is 3.89. The molecule has 2 aromatic rings. The van der Waals surface area contributed by atoms with Gasteiger partial charge in [0.2, 0.25) is 0 Å². The summed E-state index contributed by atoms with van der Waals surface area (Å²) in [7, 11) is 1.60. The minimum atomic E-state index is 0.250. The van der Waals surface area contributed by atoms with E-state index in [1.165, 1.54) is 0 Å². The fourth-order valence-corrected chi connectivity index (χ4v) is 1.59. The van der Waals surface area contributed by atoms with Gasteiger partial charge in [-0.25, -0.2) is 0 Å². The molecule has 3 heteroatoms. The smallest absolute Gasteiger partial charge is 0.188 e. The van der Waals surface area contributed by atoms with Crippen LogP contribution in [0.25, 0.3) is 0 Å². The highest BCUT2D eigenvalue weighted by atomic mass is 16.7. The number of hydrogen-bond donors (Lipinski definition) is 0. The summed E-state index contributed by atoms with van der Waals surface area (Å²) in [6, 6.07) is 15.4. The van der Waals surface area contributed by atoms with Crippen molar-refractivity contribution < 1.29 is 14.2 Å². The van der Waals surface area contributed by atoms with Gasteiger partial charge < -0.3 is 14.2 Å².